The van der Waals surface area contributed by atoms with Crippen LogP contribution in [-0.4, -0.2) is 52.9 Å². The van der Waals surface area contributed by atoms with Gasteiger partial charge in [-0.25, -0.2) is 17.9 Å². The number of benzene rings is 1. The van der Waals surface area contributed by atoms with Crippen molar-refractivity contribution < 1.29 is 13.2 Å². The second-order valence-corrected chi connectivity index (χ2v) is 9.84. The molecule has 1 N–H and O–H groups in total. The number of amides is 1. The van der Waals surface area contributed by atoms with Crippen molar-refractivity contribution in [1.29, 1.82) is 0 Å². The first kappa shape index (κ1) is 21.5. The monoisotopic (exact) mass is 441 g/mol. The minimum Gasteiger partial charge on any atom is -0.352 e. The van der Waals surface area contributed by atoms with Crippen molar-refractivity contribution in [3.05, 3.63) is 59.5 Å². The third kappa shape index (κ3) is 4.94. The van der Waals surface area contributed by atoms with Crippen molar-refractivity contribution in [3.63, 3.8) is 0 Å². The van der Waals surface area contributed by atoms with Gasteiger partial charge in [0.1, 0.15) is 0 Å². The molecule has 2 aromatic heterocycles. The molecule has 8 nitrogen and oxygen atoms in total. The number of rotatable bonds is 7. The maximum Gasteiger partial charge on any atom is 0.251 e. The van der Waals surface area contributed by atoms with Crippen LogP contribution in [0.4, 0.5) is 0 Å². The molecule has 3 aromatic rings. The fraction of sp³-hybridized carbons (Fsp3) is 0.409. The van der Waals surface area contributed by atoms with Crippen LogP contribution in [0.5, 0.6) is 0 Å². The Morgan fingerprint density at radius 1 is 1.13 bits per heavy atom. The van der Waals surface area contributed by atoms with Crippen molar-refractivity contribution in [2.45, 2.75) is 43.9 Å². The molecule has 0 saturated carbocycles. The highest BCUT2D eigenvalue weighted by molar-refractivity contribution is 7.89. The Labute approximate surface area is 182 Å². The molecule has 0 atom stereocenters. The molecule has 0 spiro atoms. The summed E-state index contributed by atoms with van der Waals surface area (Å²) in [5, 5.41) is 7.25. The van der Waals surface area contributed by atoms with E-state index in [4.69, 9.17) is 0 Å². The first-order valence-electron chi connectivity index (χ1n) is 10.6. The molecule has 1 aromatic carbocycles. The number of sulfonamides is 1. The lowest BCUT2D eigenvalue weighted by molar-refractivity contribution is 0.0953. The summed E-state index contributed by atoms with van der Waals surface area (Å²) in [5.41, 5.74) is 3.25. The Morgan fingerprint density at radius 3 is 2.61 bits per heavy atom. The smallest absolute Gasteiger partial charge is 0.251 e. The molecule has 9 heteroatoms. The third-order valence-electron chi connectivity index (χ3n) is 5.49. The van der Waals surface area contributed by atoms with E-state index in [1.54, 1.807) is 16.6 Å². The Kier molecular flexibility index (Phi) is 6.33. The molecule has 3 heterocycles. The van der Waals surface area contributed by atoms with E-state index >= 15 is 0 Å². The SMILES string of the molecule is Cc1cc2ncc(CCCNC(=O)c3ccc(S(=O)(=O)N4CCCCC4)cc3)cn2n1. The molecule has 1 aliphatic heterocycles. The molecular formula is C22H27N5O3S. The van der Waals surface area contributed by atoms with E-state index in [0.717, 1.165) is 49.0 Å². The lowest BCUT2D eigenvalue weighted by Crippen LogP contribution is -2.35. The average Bonchev–Trinajstić information content (AvgIpc) is 3.16. The molecule has 0 unspecified atom stereocenters. The zero-order valence-corrected chi connectivity index (χ0v) is 18.4. The predicted octanol–water partition coefficient (Wildman–Crippen LogP) is 2.57. The molecule has 0 bridgehead atoms. The van der Waals surface area contributed by atoms with Crippen LogP contribution in [-0.2, 0) is 16.4 Å². The summed E-state index contributed by atoms with van der Waals surface area (Å²) in [4.78, 5) is 17.0. The fourth-order valence-corrected chi connectivity index (χ4v) is 5.31. The van der Waals surface area contributed by atoms with Gasteiger partial charge in [-0.2, -0.15) is 9.40 Å². The van der Waals surface area contributed by atoms with Gasteiger partial charge < -0.3 is 5.32 Å². The summed E-state index contributed by atoms with van der Waals surface area (Å²) in [6, 6.07) is 8.11. The van der Waals surface area contributed by atoms with Crippen LogP contribution in [0.15, 0.2) is 47.6 Å². The summed E-state index contributed by atoms with van der Waals surface area (Å²) in [7, 11) is -3.48. The van der Waals surface area contributed by atoms with E-state index in [1.165, 1.54) is 16.4 Å². The van der Waals surface area contributed by atoms with Crippen LogP contribution in [0.1, 0.15) is 47.3 Å². The number of carbonyl (C=O) groups is 1. The number of piperidine rings is 1. The van der Waals surface area contributed by atoms with Crippen LogP contribution < -0.4 is 5.32 Å². The Bertz CT molecular complexity index is 1170. The molecule has 4 rings (SSSR count). The quantitative estimate of drug-likeness (QED) is 0.569. The Balaban J connectivity index is 1.29. The summed E-state index contributed by atoms with van der Waals surface area (Å²) in [6.07, 6.45) is 8.18. The summed E-state index contributed by atoms with van der Waals surface area (Å²) in [6.45, 7) is 3.57. The van der Waals surface area contributed by atoms with E-state index in [9.17, 15) is 13.2 Å². The number of nitrogens with zero attached hydrogens (tertiary/aromatic N) is 4. The van der Waals surface area contributed by atoms with Gasteiger partial charge in [0.05, 0.1) is 10.6 Å². The molecule has 0 aliphatic carbocycles. The van der Waals surface area contributed by atoms with Gasteiger partial charge in [0.2, 0.25) is 10.0 Å². The standard InChI is InChI=1S/C22H27N5O3S/c1-17-14-21-24-15-18(16-27(21)25-17)6-5-11-23-22(28)19-7-9-20(10-8-19)31(29,30)26-12-3-2-4-13-26/h7-10,14-16H,2-6,11-13H2,1H3,(H,23,28). The third-order valence-corrected chi connectivity index (χ3v) is 7.40. The maximum absolute atomic E-state index is 12.7. The van der Waals surface area contributed by atoms with Crippen molar-refractivity contribution in [1.82, 2.24) is 24.2 Å². The van der Waals surface area contributed by atoms with Crippen molar-refractivity contribution >= 4 is 21.6 Å². The zero-order valence-electron chi connectivity index (χ0n) is 17.6. The fourth-order valence-electron chi connectivity index (χ4n) is 3.79. The number of carbonyl (C=O) groups excluding carboxylic acids is 1. The van der Waals surface area contributed by atoms with Crippen LogP contribution in [0.3, 0.4) is 0 Å². The summed E-state index contributed by atoms with van der Waals surface area (Å²) in [5.74, 6) is -0.210. The highest BCUT2D eigenvalue weighted by Crippen LogP contribution is 2.20. The first-order chi connectivity index (χ1) is 14.9. The molecule has 1 saturated heterocycles. The van der Waals surface area contributed by atoms with E-state index in [1.807, 2.05) is 25.4 Å². The minimum absolute atomic E-state index is 0.210. The highest BCUT2D eigenvalue weighted by Gasteiger charge is 2.25. The normalized spacial score (nSPS) is 15.3. The van der Waals surface area contributed by atoms with Crippen LogP contribution in [0.2, 0.25) is 0 Å². The number of fused-ring (bicyclic) bond motifs is 1. The summed E-state index contributed by atoms with van der Waals surface area (Å²) < 4.78 is 28.7. The molecule has 1 fully saturated rings. The van der Waals surface area contributed by atoms with Crippen molar-refractivity contribution in [3.8, 4) is 0 Å². The Hall–Kier alpha value is -2.78. The number of nitrogens with one attached hydrogen (secondary N) is 1. The van der Waals surface area contributed by atoms with Crippen molar-refractivity contribution in [2.75, 3.05) is 19.6 Å². The number of hydrogen-bond donors (Lipinski definition) is 1. The van der Waals surface area contributed by atoms with E-state index in [0.29, 0.717) is 25.2 Å². The van der Waals surface area contributed by atoms with Crippen LogP contribution in [0.25, 0.3) is 5.65 Å². The zero-order chi connectivity index (χ0) is 21.8. The van der Waals surface area contributed by atoms with Gasteiger partial charge in [-0.1, -0.05) is 6.42 Å². The lowest BCUT2D eigenvalue weighted by Gasteiger charge is -2.25. The summed E-state index contributed by atoms with van der Waals surface area (Å²) >= 11 is 0. The van der Waals surface area contributed by atoms with Gasteiger partial charge >= 0.3 is 0 Å². The van der Waals surface area contributed by atoms with Gasteiger partial charge in [0.25, 0.3) is 5.91 Å². The van der Waals surface area contributed by atoms with Crippen LogP contribution >= 0.6 is 0 Å². The minimum atomic E-state index is -3.48. The van der Waals surface area contributed by atoms with Gasteiger partial charge in [-0.3, -0.25) is 4.79 Å². The topological polar surface area (TPSA) is 96.7 Å². The second-order valence-electron chi connectivity index (χ2n) is 7.90. The van der Waals surface area contributed by atoms with Crippen molar-refractivity contribution in [2.24, 2.45) is 0 Å². The molecular weight excluding hydrogens is 414 g/mol. The number of aryl methyl sites for hydroxylation is 2. The number of hydrogen-bond acceptors (Lipinski definition) is 5. The molecule has 164 valence electrons. The number of aromatic nitrogens is 3. The largest absolute Gasteiger partial charge is 0.352 e. The van der Waals surface area contributed by atoms with Gasteiger partial charge in [0, 0.05) is 43.7 Å². The van der Waals surface area contributed by atoms with Gasteiger partial charge in [-0.05, 0) is 62.4 Å². The molecule has 31 heavy (non-hydrogen) atoms. The highest BCUT2D eigenvalue weighted by atomic mass is 32.2. The van der Waals surface area contributed by atoms with E-state index in [2.05, 4.69) is 15.4 Å². The Morgan fingerprint density at radius 2 is 1.87 bits per heavy atom. The average molecular weight is 442 g/mol. The predicted molar refractivity (Wildman–Crippen MR) is 117 cm³/mol. The van der Waals surface area contributed by atoms with E-state index < -0.39 is 10.0 Å². The van der Waals surface area contributed by atoms with Gasteiger partial charge in [-0.15, -0.1) is 0 Å². The first-order valence-corrected chi connectivity index (χ1v) is 12.1. The molecule has 0 radical (unpaired) electrons. The van der Waals surface area contributed by atoms with Crippen LogP contribution in [0, 0.1) is 6.92 Å². The maximum atomic E-state index is 12.7. The second kappa shape index (κ2) is 9.15. The van der Waals surface area contributed by atoms with Gasteiger partial charge in [0.15, 0.2) is 5.65 Å². The lowest BCUT2D eigenvalue weighted by atomic mass is 10.2. The molecule has 1 aliphatic rings. The molecule has 1 amide bonds. The van der Waals surface area contributed by atoms with E-state index in [-0.39, 0.29) is 10.8 Å².